The summed E-state index contributed by atoms with van der Waals surface area (Å²) in [7, 11) is 0. The van der Waals surface area contributed by atoms with Crippen LogP contribution in [-0.2, 0) is 4.79 Å². The number of amides is 2. The van der Waals surface area contributed by atoms with Gasteiger partial charge in [-0.15, -0.1) is 0 Å². The molecule has 0 radical (unpaired) electrons. The molecule has 1 unspecified atom stereocenters. The van der Waals surface area contributed by atoms with Crippen LogP contribution in [0.5, 0.6) is 5.75 Å². The largest absolute Gasteiger partial charge is 0.491 e. The second-order valence-corrected chi connectivity index (χ2v) is 8.03. The maximum atomic E-state index is 13.0. The number of rotatable bonds is 7. The van der Waals surface area contributed by atoms with Crippen molar-refractivity contribution >= 4 is 28.3 Å². The summed E-state index contributed by atoms with van der Waals surface area (Å²) in [5.74, 6) is 0.243. The van der Waals surface area contributed by atoms with Gasteiger partial charge in [0.15, 0.2) is 0 Å². The predicted octanol–water partition coefficient (Wildman–Crippen LogP) is 3.86. The van der Waals surface area contributed by atoms with E-state index in [0.717, 1.165) is 22.9 Å². The maximum Gasteiger partial charge on any atom is 0.272 e. The molecule has 1 fully saturated rings. The zero-order valence-corrected chi connectivity index (χ0v) is 18.3. The molecule has 1 atom stereocenters. The van der Waals surface area contributed by atoms with Crippen LogP contribution in [0.25, 0.3) is 10.8 Å². The molecular weight excluding hydrogens is 422 g/mol. The summed E-state index contributed by atoms with van der Waals surface area (Å²) in [6, 6.07) is 17.5. The van der Waals surface area contributed by atoms with E-state index < -0.39 is 11.0 Å². The lowest BCUT2D eigenvalue weighted by Crippen LogP contribution is -2.46. The van der Waals surface area contributed by atoms with Gasteiger partial charge in [0.05, 0.1) is 11.5 Å². The molecule has 1 aliphatic heterocycles. The zero-order chi connectivity index (χ0) is 23.4. The number of nitro groups is 1. The third kappa shape index (κ3) is 4.79. The Morgan fingerprint density at radius 2 is 1.94 bits per heavy atom. The summed E-state index contributed by atoms with van der Waals surface area (Å²) in [6.07, 6.45) is 1.30. The van der Waals surface area contributed by atoms with E-state index >= 15 is 0 Å². The van der Waals surface area contributed by atoms with Crippen LogP contribution < -0.4 is 10.1 Å². The van der Waals surface area contributed by atoms with Crippen molar-refractivity contribution in [3.63, 3.8) is 0 Å². The van der Waals surface area contributed by atoms with Crippen molar-refractivity contribution in [3.05, 3.63) is 81.9 Å². The SMILES string of the molecule is Cc1cc(C(=O)N2CCCC2C(=O)NCCOc2cccc3ccccc23)ccc1[N+](=O)[O-]. The van der Waals surface area contributed by atoms with Crippen molar-refractivity contribution in [2.24, 2.45) is 0 Å². The van der Waals surface area contributed by atoms with Crippen molar-refractivity contribution in [3.8, 4) is 5.75 Å². The van der Waals surface area contributed by atoms with E-state index in [-0.39, 0.29) is 17.5 Å². The van der Waals surface area contributed by atoms with Gasteiger partial charge in [0, 0.05) is 29.1 Å². The zero-order valence-electron chi connectivity index (χ0n) is 18.3. The first-order chi connectivity index (χ1) is 16.0. The minimum atomic E-state index is -0.564. The summed E-state index contributed by atoms with van der Waals surface area (Å²) < 4.78 is 5.87. The van der Waals surface area contributed by atoms with Crippen molar-refractivity contribution < 1.29 is 19.2 Å². The molecule has 4 rings (SSSR count). The first-order valence-electron chi connectivity index (χ1n) is 10.9. The smallest absolute Gasteiger partial charge is 0.272 e. The number of nitro benzene ring substituents is 1. The average Bonchev–Trinajstić information content (AvgIpc) is 3.31. The fourth-order valence-corrected chi connectivity index (χ4v) is 4.22. The number of ether oxygens (including phenoxy) is 1. The molecule has 33 heavy (non-hydrogen) atoms. The highest BCUT2D eigenvalue weighted by molar-refractivity contribution is 5.98. The van der Waals surface area contributed by atoms with Gasteiger partial charge in [-0.05, 0) is 43.4 Å². The lowest BCUT2D eigenvalue weighted by molar-refractivity contribution is -0.385. The molecule has 3 aromatic carbocycles. The second kappa shape index (κ2) is 9.68. The number of hydrogen-bond donors (Lipinski definition) is 1. The molecule has 1 saturated heterocycles. The van der Waals surface area contributed by atoms with E-state index in [1.807, 2.05) is 42.5 Å². The van der Waals surface area contributed by atoms with Crippen LogP contribution in [0.1, 0.15) is 28.8 Å². The Labute approximate surface area is 191 Å². The summed E-state index contributed by atoms with van der Waals surface area (Å²) >= 11 is 0. The molecule has 8 nitrogen and oxygen atoms in total. The number of carbonyl (C=O) groups excluding carboxylic acids is 2. The van der Waals surface area contributed by atoms with Gasteiger partial charge in [-0.2, -0.15) is 0 Å². The Bertz CT molecular complexity index is 1200. The van der Waals surface area contributed by atoms with Crippen LogP contribution in [-0.4, -0.2) is 47.4 Å². The van der Waals surface area contributed by atoms with Gasteiger partial charge in [-0.25, -0.2) is 0 Å². The normalized spacial score (nSPS) is 15.4. The summed E-state index contributed by atoms with van der Waals surface area (Å²) in [5, 5.41) is 16.0. The van der Waals surface area contributed by atoms with Gasteiger partial charge in [0.2, 0.25) is 5.91 Å². The average molecular weight is 447 g/mol. The predicted molar refractivity (Wildman–Crippen MR) is 124 cm³/mol. The van der Waals surface area contributed by atoms with Crippen LogP contribution in [0.2, 0.25) is 0 Å². The van der Waals surface area contributed by atoms with Crippen molar-refractivity contribution in [2.45, 2.75) is 25.8 Å². The third-order valence-corrected chi connectivity index (χ3v) is 5.87. The Morgan fingerprint density at radius 1 is 1.15 bits per heavy atom. The number of nitrogens with zero attached hydrogens (tertiary/aromatic N) is 2. The Balaban J connectivity index is 1.34. The molecule has 0 spiro atoms. The highest BCUT2D eigenvalue weighted by Gasteiger charge is 2.34. The number of aryl methyl sites for hydroxylation is 1. The van der Waals surface area contributed by atoms with E-state index in [2.05, 4.69) is 5.32 Å². The Kier molecular flexibility index (Phi) is 6.53. The first-order valence-corrected chi connectivity index (χ1v) is 10.9. The standard InChI is InChI=1S/C25H25N3O5/c1-17-16-19(11-12-21(17)28(31)32)25(30)27-14-5-9-22(27)24(29)26-13-15-33-23-10-4-7-18-6-2-3-8-20(18)23/h2-4,6-8,10-12,16,22H,5,9,13-15H2,1H3,(H,26,29). The van der Waals surface area contributed by atoms with Crippen LogP contribution in [0.3, 0.4) is 0 Å². The molecule has 170 valence electrons. The van der Waals surface area contributed by atoms with Gasteiger partial charge in [-0.1, -0.05) is 36.4 Å². The van der Waals surface area contributed by atoms with Gasteiger partial charge in [0.25, 0.3) is 11.6 Å². The number of carbonyl (C=O) groups is 2. The number of nitrogens with one attached hydrogen (secondary N) is 1. The number of likely N-dealkylation sites (tertiary alicyclic amines) is 1. The van der Waals surface area contributed by atoms with E-state index in [4.69, 9.17) is 4.74 Å². The molecule has 0 saturated carbocycles. The Morgan fingerprint density at radius 3 is 2.73 bits per heavy atom. The lowest BCUT2D eigenvalue weighted by Gasteiger charge is -2.24. The van der Waals surface area contributed by atoms with Crippen LogP contribution in [0.4, 0.5) is 5.69 Å². The van der Waals surface area contributed by atoms with Crippen LogP contribution in [0.15, 0.2) is 60.7 Å². The molecular formula is C25H25N3O5. The number of hydrogen-bond acceptors (Lipinski definition) is 5. The maximum absolute atomic E-state index is 13.0. The Hall–Kier alpha value is -3.94. The highest BCUT2D eigenvalue weighted by atomic mass is 16.6. The topological polar surface area (TPSA) is 102 Å². The molecule has 0 aromatic heterocycles. The molecule has 1 aliphatic rings. The molecule has 1 N–H and O–H groups in total. The summed E-state index contributed by atoms with van der Waals surface area (Å²) in [5.41, 5.74) is 0.724. The fraction of sp³-hybridized carbons (Fsp3) is 0.280. The second-order valence-electron chi connectivity index (χ2n) is 8.03. The third-order valence-electron chi connectivity index (χ3n) is 5.87. The van der Waals surface area contributed by atoms with Gasteiger partial charge in [0.1, 0.15) is 18.4 Å². The van der Waals surface area contributed by atoms with E-state index in [9.17, 15) is 19.7 Å². The van der Waals surface area contributed by atoms with Gasteiger partial charge >= 0.3 is 0 Å². The van der Waals surface area contributed by atoms with Crippen LogP contribution in [0, 0.1) is 17.0 Å². The first kappa shape index (κ1) is 22.3. The van der Waals surface area contributed by atoms with Crippen LogP contribution >= 0.6 is 0 Å². The van der Waals surface area contributed by atoms with Crippen molar-refractivity contribution in [1.29, 1.82) is 0 Å². The fourth-order valence-electron chi connectivity index (χ4n) is 4.22. The van der Waals surface area contributed by atoms with E-state index in [0.29, 0.717) is 37.2 Å². The highest BCUT2D eigenvalue weighted by Crippen LogP contribution is 2.26. The minimum absolute atomic E-state index is 0.0338. The van der Waals surface area contributed by atoms with Gasteiger partial charge < -0.3 is 15.0 Å². The lowest BCUT2D eigenvalue weighted by atomic mass is 10.1. The summed E-state index contributed by atoms with van der Waals surface area (Å²) in [4.78, 5) is 37.9. The summed E-state index contributed by atoms with van der Waals surface area (Å²) in [6.45, 7) is 2.69. The number of fused-ring (bicyclic) bond motifs is 1. The molecule has 0 bridgehead atoms. The number of benzene rings is 3. The monoisotopic (exact) mass is 447 g/mol. The molecule has 8 heteroatoms. The minimum Gasteiger partial charge on any atom is -0.491 e. The quantitative estimate of drug-likeness (QED) is 0.337. The molecule has 0 aliphatic carbocycles. The van der Waals surface area contributed by atoms with E-state index in [1.54, 1.807) is 11.8 Å². The van der Waals surface area contributed by atoms with Gasteiger partial charge in [-0.3, -0.25) is 19.7 Å². The molecule has 1 heterocycles. The van der Waals surface area contributed by atoms with Crippen molar-refractivity contribution in [1.82, 2.24) is 10.2 Å². The molecule has 3 aromatic rings. The van der Waals surface area contributed by atoms with E-state index in [1.165, 1.54) is 18.2 Å². The molecule has 2 amide bonds. The van der Waals surface area contributed by atoms with Crippen molar-refractivity contribution in [2.75, 3.05) is 19.7 Å².